The second kappa shape index (κ2) is 12.9. The van der Waals surface area contributed by atoms with Crippen LogP contribution in [0, 0.1) is 23.1 Å². The van der Waals surface area contributed by atoms with E-state index in [-0.39, 0.29) is 12.1 Å². The first-order valence-electron chi connectivity index (χ1n) is 14.1. The first kappa shape index (κ1) is 29.0. The number of alkyl halides is 1. The summed E-state index contributed by atoms with van der Waals surface area (Å²) in [5, 5.41) is 19.6. The lowest BCUT2D eigenvalue weighted by Crippen LogP contribution is -2.44. The van der Waals surface area contributed by atoms with Gasteiger partial charge < -0.3 is 19.6 Å². The van der Waals surface area contributed by atoms with Gasteiger partial charge in [-0.2, -0.15) is 5.26 Å². The zero-order valence-electron chi connectivity index (χ0n) is 23.0. The molecule has 1 amide bonds. The number of aliphatic hydroxyl groups is 1. The summed E-state index contributed by atoms with van der Waals surface area (Å²) in [7, 11) is 0. The van der Waals surface area contributed by atoms with Gasteiger partial charge in [-0.15, -0.1) is 0 Å². The molecule has 2 fully saturated rings. The molecule has 0 spiro atoms. The van der Waals surface area contributed by atoms with Gasteiger partial charge in [0.15, 0.2) is 0 Å². The predicted octanol–water partition coefficient (Wildman–Crippen LogP) is 5.58. The quantitative estimate of drug-likeness (QED) is 0.450. The average molecular weight is 540 g/mol. The Bertz CT molecular complexity index is 1190. The molecule has 1 atom stereocenters. The van der Waals surface area contributed by atoms with Crippen LogP contribution in [0.2, 0.25) is 0 Å². The molecular weight excluding hydrogens is 500 g/mol. The lowest BCUT2D eigenvalue weighted by molar-refractivity contribution is 0.0470. The molecule has 2 saturated heterocycles. The van der Waals surface area contributed by atoms with E-state index in [0.717, 1.165) is 25.9 Å². The van der Waals surface area contributed by atoms with Crippen molar-refractivity contribution in [3.8, 4) is 22.9 Å². The fourth-order valence-corrected chi connectivity index (χ4v) is 5.49. The second-order valence-corrected chi connectivity index (χ2v) is 11.0. The zero-order chi connectivity index (χ0) is 28.0. The number of piperidine rings is 2. The molecule has 0 aromatic heterocycles. The molecule has 39 heavy (non-hydrogen) atoms. The van der Waals surface area contributed by atoms with E-state index in [9.17, 15) is 23.9 Å². The van der Waals surface area contributed by atoms with Crippen molar-refractivity contribution in [3.05, 3.63) is 53.3 Å². The molecule has 0 radical (unpaired) electrons. The number of halogens is 2. The molecule has 0 aliphatic carbocycles. The van der Waals surface area contributed by atoms with Gasteiger partial charge in [-0.1, -0.05) is 26.0 Å². The summed E-state index contributed by atoms with van der Waals surface area (Å²) in [6, 6.07) is 11.8. The summed E-state index contributed by atoms with van der Waals surface area (Å²) in [5.74, 6) is -0.236. The summed E-state index contributed by atoms with van der Waals surface area (Å²) in [5.41, 5.74) is 0.422. The number of nitrogens with zero attached hydrogens (tertiary/aromatic N) is 3. The van der Waals surface area contributed by atoms with Gasteiger partial charge in [0.2, 0.25) is 0 Å². The van der Waals surface area contributed by atoms with Crippen LogP contribution >= 0.6 is 0 Å². The maximum absolute atomic E-state index is 15.0. The third-order valence-electron chi connectivity index (χ3n) is 8.27. The van der Waals surface area contributed by atoms with Crippen LogP contribution in [0.25, 0.3) is 11.1 Å². The molecular formula is C31H39F2N3O3. The molecule has 4 rings (SSSR count). The number of hydrogen-bond donors (Lipinski definition) is 1. The summed E-state index contributed by atoms with van der Waals surface area (Å²) < 4.78 is 35.8. The SMILES string of the molecule is CCC(F)(CC)CN1CCC(COc2ccc(-c3ccc(C(=O)N4CCC[C@@H](O)C4)c(F)c3)cc2C#N)CC1. The Kier molecular flexibility index (Phi) is 9.58. The first-order chi connectivity index (χ1) is 18.7. The molecule has 1 N–H and O–H groups in total. The Hall–Kier alpha value is -3.02. The molecule has 8 heteroatoms. The summed E-state index contributed by atoms with van der Waals surface area (Å²) in [6.07, 6.45) is 3.65. The number of rotatable bonds is 9. The van der Waals surface area contributed by atoms with E-state index >= 15 is 0 Å². The topological polar surface area (TPSA) is 76.8 Å². The van der Waals surface area contributed by atoms with Crippen molar-refractivity contribution < 1.29 is 23.4 Å². The first-order valence-corrected chi connectivity index (χ1v) is 14.1. The van der Waals surface area contributed by atoms with E-state index in [1.807, 2.05) is 13.8 Å². The molecule has 2 aliphatic heterocycles. The van der Waals surface area contributed by atoms with Crippen molar-refractivity contribution >= 4 is 5.91 Å². The van der Waals surface area contributed by atoms with Gasteiger partial charge in [0.05, 0.1) is 23.8 Å². The number of carbonyl (C=O) groups excluding carboxylic acids is 1. The normalized spacial score (nSPS) is 19.1. The number of hydrogen-bond acceptors (Lipinski definition) is 5. The van der Waals surface area contributed by atoms with E-state index in [0.29, 0.717) is 73.7 Å². The van der Waals surface area contributed by atoms with E-state index < -0.39 is 23.5 Å². The number of β-amino-alcohol motifs (C(OH)–C–C–N with tert-alkyl or cyclic N) is 1. The van der Waals surface area contributed by atoms with Gasteiger partial charge in [0, 0.05) is 19.6 Å². The van der Waals surface area contributed by atoms with Crippen LogP contribution < -0.4 is 4.74 Å². The molecule has 2 aromatic carbocycles. The average Bonchev–Trinajstić information content (AvgIpc) is 2.96. The molecule has 2 aromatic rings. The van der Waals surface area contributed by atoms with Crippen molar-refractivity contribution in [3.63, 3.8) is 0 Å². The van der Waals surface area contributed by atoms with E-state index in [4.69, 9.17) is 4.74 Å². The highest BCUT2D eigenvalue weighted by Crippen LogP contribution is 2.30. The van der Waals surface area contributed by atoms with Crippen LogP contribution in [0.15, 0.2) is 36.4 Å². The van der Waals surface area contributed by atoms with Crippen LogP contribution in [0.3, 0.4) is 0 Å². The molecule has 210 valence electrons. The molecule has 2 aliphatic rings. The second-order valence-electron chi connectivity index (χ2n) is 11.0. The number of carbonyl (C=O) groups is 1. The van der Waals surface area contributed by atoms with Crippen molar-refractivity contribution in [2.45, 2.75) is 64.1 Å². The third kappa shape index (κ3) is 7.14. The van der Waals surface area contributed by atoms with Gasteiger partial charge in [0.1, 0.15) is 23.3 Å². The fraction of sp³-hybridized carbons (Fsp3) is 0.548. The minimum Gasteiger partial charge on any atom is -0.492 e. The Balaban J connectivity index is 1.36. The maximum atomic E-state index is 15.0. The minimum absolute atomic E-state index is 0.0269. The number of amides is 1. The van der Waals surface area contributed by atoms with Crippen LogP contribution in [-0.2, 0) is 0 Å². The maximum Gasteiger partial charge on any atom is 0.256 e. The summed E-state index contributed by atoms with van der Waals surface area (Å²) in [4.78, 5) is 16.5. The van der Waals surface area contributed by atoms with Crippen LogP contribution in [-0.4, -0.2) is 71.9 Å². The Morgan fingerprint density at radius 3 is 2.44 bits per heavy atom. The minimum atomic E-state index is -1.12. The number of ether oxygens (including phenoxy) is 1. The van der Waals surface area contributed by atoms with Crippen LogP contribution in [0.4, 0.5) is 8.78 Å². The van der Waals surface area contributed by atoms with Gasteiger partial charge in [-0.05, 0) is 92.9 Å². The van der Waals surface area contributed by atoms with Crippen molar-refractivity contribution in [2.75, 3.05) is 39.3 Å². The molecule has 0 unspecified atom stereocenters. The van der Waals surface area contributed by atoms with Gasteiger partial charge in [-0.25, -0.2) is 8.78 Å². The van der Waals surface area contributed by atoms with Crippen molar-refractivity contribution in [2.24, 2.45) is 5.92 Å². The Morgan fingerprint density at radius 2 is 1.79 bits per heavy atom. The summed E-state index contributed by atoms with van der Waals surface area (Å²) in [6.45, 7) is 7.15. The van der Waals surface area contributed by atoms with Gasteiger partial charge >= 0.3 is 0 Å². The zero-order valence-corrected chi connectivity index (χ0v) is 23.0. The van der Waals surface area contributed by atoms with Gasteiger partial charge in [-0.3, -0.25) is 4.79 Å². The Labute approximate surface area is 230 Å². The largest absolute Gasteiger partial charge is 0.492 e. The van der Waals surface area contributed by atoms with Crippen molar-refractivity contribution in [1.29, 1.82) is 5.26 Å². The van der Waals surface area contributed by atoms with E-state index in [2.05, 4.69) is 11.0 Å². The van der Waals surface area contributed by atoms with Gasteiger partial charge in [0.25, 0.3) is 5.91 Å². The number of benzene rings is 2. The number of aliphatic hydroxyl groups excluding tert-OH is 1. The highest BCUT2D eigenvalue weighted by atomic mass is 19.1. The molecule has 2 heterocycles. The highest BCUT2D eigenvalue weighted by molar-refractivity contribution is 5.95. The monoisotopic (exact) mass is 539 g/mol. The fourth-order valence-electron chi connectivity index (χ4n) is 5.49. The van der Waals surface area contributed by atoms with Crippen LogP contribution in [0.1, 0.15) is 68.3 Å². The highest BCUT2D eigenvalue weighted by Gasteiger charge is 2.30. The Morgan fingerprint density at radius 1 is 1.10 bits per heavy atom. The third-order valence-corrected chi connectivity index (χ3v) is 8.27. The lowest BCUT2D eigenvalue weighted by atomic mass is 9.94. The standard InChI is InChI=1S/C31H39F2N3O3/c1-3-31(33,4-2)21-35-14-11-22(12-15-35)20-39-29-10-8-23(16-25(29)18-34)24-7-9-27(28(32)17-24)30(38)36-13-5-6-26(37)19-36/h7-10,16-17,22,26,37H,3-6,11-15,19-21H2,1-2H3/t26-/m1/s1. The van der Waals surface area contributed by atoms with Crippen molar-refractivity contribution in [1.82, 2.24) is 9.80 Å². The molecule has 0 bridgehead atoms. The van der Waals surface area contributed by atoms with Crippen LogP contribution in [0.5, 0.6) is 5.75 Å². The number of likely N-dealkylation sites (tertiary alicyclic amines) is 2. The lowest BCUT2D eigenvalue weighted by Gasteiger charge is -2.36. The smallest absolute Gasteiger partial charge is 0.256 e. The van der Waals surface area contributed by atoms with E-state index in [1.165, 1.54) is 17.0 Å². The summed E-state index contributed by atoms with van der Waals surface area (Å²) >= 11 is 0. The predicted molar refractivity (Wildman–Crippen MR) is 147 cm³/mol. The number of nitriles is 1. The molecule has 0 saturated carbocycles. The van der Waals surface area contributed by atoms with E-state index in [1.54, 1.807) is 24.3 Å². The molecule has 6 nitrogen and oxygen atoms in total.